The molecule has 0 heterocycles. The van der Waals surface area contributed by atoms with Crippen LogP contribution in [-0.2, 0) is 26.2 Å². The minimum absolute atomic E-state index is 0.0196. The molecule has 2 amide bonds. The van der Waals surface area contributed by atoms with Gasteiger partial charge < -0.3 is 19.7 Å². The van der Waals surface area contributed by atoms with E-state index in [-0.39, 0.29) is 35.2 Å². The number of carbonyl (C=O) groups excluding carboxylic acids is 2. The van der Waals surface area contributed by atoms with Crippen LogP contribution in [0.1, 0.15) is 31.4 Å². The van der Waals surface area contributed by atoms with Crippen LogP contribution in [-0.4, -0.2) is 58.5 Å². The molecule has 3 aromatic carbocycles. The molecule has 0 fully saturated rings. The number of carbonyl (C=O) groups is 2. The van der Waals surface area contributed by atoms with Gasteiger partial charge in [-0.15, -0.1) is 0 Å². The van der Waals surface area contributed by atoms with Crippen molar-refractivity contribution in [1.29, 1.82) is 0 Å². The summed E-state index contributed by atoms with van der Waals surface area (Å²) in [5.41, 5.74) is 1.51. The summed E-state index contributed by atoms with van der Waals surface area (Å²) < 4.78 is 40.1. The third-order valence-corrected chi connectivity index (χ3v) is 9.00. The highest BCUT2D eigenvalue weighted by Crippen LogP contribution is 2.36. The van der Waals surface area contributed by atoms with Crippen LogP contribution in [0.25, 0.3) is 0 Å². The van der Waals surface area contributed by atoms with E-state index in [0.29, 0.717) is 27.9 Å². The van der Waals surface area contributed by atoms with E-state index in [1.165, 1.54) is 37.3 Å². The maximum atomic E-state index is 14.2. The quantitative estimate of drug-likeness (QED) is 0.267. The molecular formula is C30H35Cl2N3O6S. The number of methoxy groups -OCH3 is 2. The van der Waals surface area contributed by atoms with Gasteiger partial charge in [0.05, 0.1) is 24.8 Å². The van der Waals surface area contributed by atoms with Crippen molar-refractivity contribution >= 4 is 50.7 Å². The van der Waals surface area contributed by atoms with E-state index >= 15 is 0 Å². The van der Waals surface area contributed by atoms with Crippen molar-refractivity contribution in [2.75, 3.05) is 31.6 Å². The van der Waals surface area contributed by atoms with E-state index in [1.807, 2.05) is 6.92 Å². The van der Waals surface area contributed by atoms with Gasteiger partial charge >= 0.3 is 0 Å². The Labute approximate surface area is 257 Å². The number of rotatable bonds is 13. The molecule has 42 heavy (non-hydrogen) atoms. The zero-order valence-electron chi connectivity index (χ0n) is 24.2. The Morgan fingerprint density at radius 3 is 2.21 bits per heavy atom. The lowest BCUT2D eigenvalue weighted by molar-refractivity contribution is -0.140. The second-order valence-corrected chi connectivity index (χ2v) is 12.1. The van der Waals surface area contributed by atoms with E-state index in [9.17, 15) is 18.0 Å². The van der Waals surface area contributed by atoms with E-state index in [0.717, 1.165) is 9.87 Å². The molecular weight excluding hydrogens is 601 g/mol. The van der Waals surface area contributed by atoms with E-state index in [2.05, 4.69) is 5.32 Å². The van der Waals surface area contributed by atoms with Gasteiger partial charge in [-0.2, -0.15) is 0 Å². The smallest absolute Gasteiger partial charge is 0.264 e. The fourth-order valence-electron chi connectivity index (χ4n) is 4.39. The Hall–Kier alpha value is -3.47. The topological polar surface area (TPSA) is 105 Å². The number of amides is 2. The molecule has 0 aliphatic rings. The molecule has 9 nitrogen and oxygen atoms in total. The van der Waals surface area contributed by atoms with E-state index in [4.69, 9.17) is 32.7 Å². The molecule has 0 aromatic heterocycles. The first-order valence-corrected chi connectivity index (χ1v) is 15.5. The molecule has 1 atom stereocenters. The van der Waals surface area contributed by atoms with Crippen molar-refractivity contribution in [3.63, 3.8) is 0 Å². The number of hydrogen-bond donors (Lipinski definition) is 1. The molecule has 0 radical (unpaired) electrons. The van der Waals surface area contributed by atoms with Crippen molar-refractivity contribution in [1.82, 2.24) is 10.2 Å². The fraction of sp³-hybridized carbons (Fsp3) is 0.333. The molecule has 0 aliphatic carbocycles. The Bertz CT molecular complexity index is 1520. The lowest BCUT2D eigenvalue weighted by Gasteiger charge is -2.33. The zero-order valence-corrected chi connectivity index (χ0v) is 26.5. The van der Waals surface area contributed by atoms with Crippen LogP contribution in [0.5, 0.6) is 11.5 Å². The second-order valence-electron chi connectivity index (χ2n) is 9.44. The summed E-state index contributed by atoms with van der Waals surface area (Å²) in [5, 5.41) is 3.49. The normalized spacial score (nSPS) is 11.9. The number of hydrogen-bond acceptors (Lipinski definition) is 6. The van der Waals surface area contributed by atoms with Crippen LogP contribution in [0.15, 0.2) is 65.6 Å². The second kappa shape index (κ2) is 14.6. The Balaban J connectivity index is 2.17. The van der Waals surface area contributed by atoms with Gasteiger partial charge in [-0.05, 0) is 62.2 Å². The SMILES string of the molecule is CCNC(=O)[C@@H](CC)N(Cc1ccc(Cl)cc1Cl)C(=O)CN(c1cc(OC)ccc1OC)S(=O)(=O)c1ccc(C)cc1. The van der Waals surface area contributed by atoms with Crippen molar-refractivity contribution in [2.45, 2.75) is 44.7 Å². The molecule has 0 spiro atoms. The number of benzene rings is 3. The van der Waals surface area contributed by atoms with E-state index < -0.39 is 28.5 Å². The van der Waals surface area contributed by atoms with Crippen LogP contribution in [0, 0.1) is 6.92 Å². The highest BCUT2D eigenvalue weighted by atomic mass is 35.5. The first kappa shape index (κ1) is 33.0. The lowest BCUT2D eigenvalue weighted by atomic mass is 10.1. The summed E-state index contributed by atoms with van der Waals surface area (Å²) in [6, 6.07) is 14.9. The monoisotopic (exact) mass is 635 g/mol. The number of likely N-dealkylation sites (N-methyl/N-ethyl adjacent to an activating group) is 1. The van der Waals surface area contributed by atoms with Crippen molar-refractivity contribution < 1.29 is 27.5 Å². The molecule has 0 aliphatic heterocycles. The standard InChI is InChI=1S/C30H35Cl2N3O6S/c1-6-26(30(37)33-7-2)34(18-21-10-11-22(31)16-25(21)32)29(36)19-35(27-17-23(40-4)12-15-28(27)41-5)42(38,39)24-13-8-20(3)9-14-24/h8-17,26H,6-7,18-19H2,1-5H3,(H,33,37)/t26-/m1/s1. The van der Waals surface area contributed by atoms with E-state index in [1.54, 1.807) is 56.3 Å². The predicted molar refractivity (Wildman–Crippen MR) is 165 cm³/mol. The van der Waals surface area contributed by atoms with Crippen LogP contribution < -0.4 is 19.1 Å². The van der Waals surface area contributed by atoms with Crippen LogP contribution >= 0.6 is 23.2 Å². The molecule has 226 valence electrons. The zero-order chi connectivity index (χ0) is 31.0. The minimum atomic E-state index is -4.30. The number of anilines is 1. The highest BCUT2D eigenvalue weighted by molar-refractivity contribution is 7.92. The molecule has 3 rings (SSSR count). The number of nitrogens with zero attached hydrogens (tertiary/aromatic N) is 2. The van der Waals surface area contributed by atoms with Gasteiger partial charge in [0, 0.05) is 29.2 Å². The lowest BCUT2D eigenvalue weighted by Crippen LogP contribution is -2.52. The summed E-state index contributed by atoms with van der Waals surface area (Å²) in [7, 11) is -1.45. The molecule has 0 unspecified atom stereocenters. The number of halogens is 2. The number of sulfonamides is 1. The van der Waals surface area contributed by atoms with Gasteiger partial charge in [-0.25, -0.2) is 8.42 Å². The van der Waals surface area contributed by atoms with Crippen LogP contribution in [0.3, 0.4) is 0 Å². The van der Waals surface area contributed by atoms with Gasteiger partial charge in [0.25, 0.3) is 10.0 Å². The van der Waals surface area contributed by atoms with Crippen molar-refractivity contribution in [2.24, 2.45) is 0 Å². The first-order chi connectivity index (χ1) is 20.0. The average molecular weight is 637 g/mol. The Morgan fingerprint density at radius 2 is 1.64 bits per heavy atom. The maximum absolute atomic E-state index is 14.2. The van der Waals surface area contributed by atoms with Gasteiger partial charge in [0.1, 0.15) is 24.1 Å². The fourth-order valence-corrected chi connectivity index (χ4v) is 6.27. The minimum Gasteiger partial charge on any atom is -0.497 e. The van der Waals surface area contributed by atoms with Crippen LogP contribution in [0.4, 0.5) is 5.69 Å². The summed E-state index contributed by atoms with van der Waals surface area (Å²) in [6.07, 6.45) is 0.274. The third-order valence-electron chi connectivity index (χ3n) is 6.64. The molecule has 0 bridgehead atoms. The van der Waals surface area contributed by atoms with Gasteiger partial charge in [0.15, 0.2) is 0 Å². The molecule has 1 N–H and O–H groups in total. The number of ether oxygens (including phenoxy) is 2. The number of aryl methyl sites for hydroxylation is 1. The Kier molecular flexibility index (Phi) is 11.5. The average Bonchev–Trinajstić information content (AvgIpc) is 2.96. The summed E-state index contributed by atoms with van der Waals surface area (Å²) in [5.74, 6) is -0.423. The summed E-state index contributed by atoms with van der Waals surface area (Å²) in [4.78, 5) is 28.6. The number of nitrogens with one attached hydrogen (secondary N) is 1. The summed E-state index contributed by atoms with van der Waals surface area (Å²) in [6.45, 7) is 5.05. The molecule has 12 heteroatoms. The highest BCUT2D eigenvalue weighted by Gasteiger charge is 2.35. The van der Waals surface area contributed by atoms with Crippen molar-refractivity contribution in [3.05, 3.63) is 81.8 Å². The van der Waals surface area contributed by atoms with Gasteiger partial charge in [0.2, 0.25) is 11.8 Å². The largest absolute Gasteiger partial charge is 0.497 e. The maximum Gasteiger partial charge on any atom is 0.264 e. The molecule has 0 saturated heterocycles. The van der Waals surface area contributed by atoms with Gasteiger partial charge in [-0.3, -0.25) is 13.9 Å². The Morgan fingerprint density at radius 1 is 0.952 bits per heavy atom. The van der Waals surface area contributed by atoms with Crippen LogP contribution in [0.2, 0.25) is 10.0 Å². The summed E-state index contributed by atoms with van der Waals surface area (Å²) >= 11 is 12.5. The first-order valence-electron chi connectivity index (χ1n) is 13.3. The predicted octanol–water partition coefficient (Wildman–Crippen LogP) is 5.46. The van der Waals surface area contributed by atoms with Gasteiger partial charge in [-0.1, -0.05) is 53.9 Å². The molecule has 3 aromatic rings. The van der Waals surface area contributed by atoms with Crippen molar-refractivity contribution in [3.8, 4) is 11.5 Å². The molecule has 0 saturated carbocycles. The third kappa shape index (κ3) is 7.67.